The summed E-state index contributed by atoms with van der Waals surface area (Å²) in [5.41, 5.74) is 2.89. The van der Waals surface area contributed by atoms with Gasteiger partial charge in [0.05, 0.1) is 19.9 Å². The fraction of sp³-hybridized carbons (Fsp3) is 0.450. The van der Waals surface area contributed by atoms with Gasteiger partial charge in [0.15, 0.2) is 17.2 Å². The predicted molar refractivity (Wildman–Crippen MR) is 110 cm³/mol. The van der Waals surface area contributed by atoms with E-state index in [0.29, 0.717) is 17.2 Å². The Morgan fingerprint density at radius 2 is 1.73 bits per heavy atom. The van der Waals surface area contributed by atoms with Crippen molar-refractivity contribution >= 4 is 20.5 Å². The fourth-order valence-corrected chi connectivity index (χ4v) is 4.79. The van der Waals surface area contributed by atoms with Crippen LogP contribution in [0.15, 0.2) is 18.2 Å². The number of benzene rings is 1. The minimum absolute atomic E-state index is 0.694. The molecule has 6 heteroatoms. The molecular formula is C20H30N2O3Si. The van der Waals surface area contributed by atoms with Gasteiger partial charge in [-0.25, -0.2) is 0 Å². The van der Waals surface area contributed by atoms with Crippen molar-refractivity contribution in [2.75, 3.05) is 14.2 Å². The molecule has 1 aromatic carbocycles. The first kappa shape index (κ1) is 20.1. The molecular weight excluding hydrogens is 344 g/mol. The quantitative estimate of drug-likeness (QED) is 0.606. The number of rotatable bonds is 9. The Bertz CT molecular complexity index is 728. The molecule has 0 fully saturated rings. The first-order valence-electron chi connectivity index (χ1n) is 9.03. The zero-order chi connectivity index (χ0) is 19.2. The zero-order valence-corrected chi connectivity index (χ0v) is 17.7. The van der Waals surface area contributed by atoms with Gasteiger partial charge in [-0.2, -0.15) is 5.10 Å². The first-order chi connectivity index (χ1) is 12.4. The van der Waals surface area contributed by atoms with Crippen LogP contribution in [0.3, 0.4) is 0 Å². The molecule has 0 saturated carbocycles. The average molecular weight is 375 g/mol. The normalized spacial score (nSPS) is 11.8. The molecule has 26 heavy (non-hydrogen) atoms. The van der Waals surface area contributed by atoms with E-state index in [0.717, 1.165) is 23.0 Å². The van der Waals surface area contributed by atoms with Crippen LogP contribution < -0.4 is 13.9 Å². The van der Waals surface area contributed by atoms with Crippen molar-refractivity contribution in [1.29, 1.82) is 0 Å². The molecule has 0 aliphatic heterocycles. The lowest BCUT2D eigenvalue weighted by atomic mass is 10.1. The van der Waals surface area contributed by atoms with Crippen molar-refractivity contribution in [2.45, 2.75) is 45.8 Å². The molecule has 0 aliphatic carbocycles. The molecule has 0 bridgehead atoms. The second-order valence-electron chi connectivity index (χ2n) is 7.03. The molecule has 2 rings (SSSR count). The van der Waals surface area contributed by atoms with E-state index in [1.165, 1.54) is 12.8 Å². The number of nitrogens with one attached hydrogen (secondary N) is 1. The number of H-pyrrole nitrogens is 1. The maximum atomic E-state index is 6.42. The van der Waals surface area contributed by atoms with Gasteiger partial charge in [-0.3, -0.25) is 5.10 Å². The lowest BCUT2D eigenvalue weighted by molar-refractivity contribution is 0.359. The summed E-state index contributed by atoms with van der Waals surface area (Å²) in [6, 6.07) is 7.04. The van der Waals surface area contributed by atoms with Crippen LogP contribution in [0.1, 0.15) is 36.7 Å². The van der Waals surface area contributed by atoms with Crippen molar-refractivity contribution in [3.8, 4) is 17.2 Å². The van der Waals surface area contributed by atoms with Crippen LogP contribution in [0.4, 0.5) is 0 Å². The highest BCUT2D eigenvalue weighted by atomic mass is 28.4. The molecule has 0 atom stereocenters. The molecule has 0 amide bonds. The minimum atomic E-state index is -1.84. The van der Waals surface area contributed by atoms with Crippen molar-refractivity contribution < 1.29 is 13.9 Å². The number of methoxy groups -OCH3 is 2. The second kappa shape index (κ2) is 8.94. The maximum Gasteiger partial charge on any atom is 0.245 e. The number of aromatic nitrogens is 2. The first-order valence-corrected chi connectivity index (χ1v) is 12.1. The Morgan fingerprint density at radius 3 is 2.23 bits per heavy atom. The standard InChI is InChI=1S/C20H30N2O3Si/c1-7-8-11-26(5,6)25-20-18(23-3)13-16(14-19(20)24-4)9-10-17-12-15(2)21-22-17/h9-10,12-14H,7-8,11H2,1-6H3,(H,21,22). The van der Waals surface area contributed by atoms with Crippen LogP contribution >= 0.6 is 0 Å². The smallest absolute Gasteiger partial charge is 0.245 e. The van der Waals surface area contributed by atoms with Gasteiger partial charge in [-0.05, 0) is 55.9 Å². The van der Waals surface area contributed by atoms with Gasteiger partial charge in [0, 0.05) is 5.69 Å². The van der Waals surface area contributed by atoms with Gasteiger partial charge in [-0.15, -0.1) is 0 Å². The molecule has 1 heterocycles. The molecule has 0 saturated heterocycles. The van der Waals surface area contributed by atoms with E-state index in [1.54, 1.807) is 14.2 Å². The largest absolute Gasteiger partial charge is 0.539 e. The molecule has 2 aromatic rings. The van der Waals surface area contributed by atoms with E-state index in [4.69, 9.17) is 13.9 Å². The van der Waals surface area contributed by atoms with Crippen LogP contribution in [0, 0.1) is 6.92 Å². The third kappa shape index (κ3) is 5.39. The third-order valence-electron chi connectivity index (χ3n) is 4.17. The number of hydrogen-bond donors (Lipinski definition) is 1. The van der Waals surface area contributed by atoms with E-state index in [1.807, 2.05) is 37.3 Å². The second-order valence-corrected chi connectivity index (χ2v) is 11.3. The topological polar surface area (TPSA) is 56.4 Å². The monoisotopic (exact) mass is 374 g/mol. The summed E-state index contributed by atoms with van der Waals surface area (Å²) in [5.74, 6) is 2.09. The summed E-state index contributed by atoms with van der Waals surface area (Å²) in [5, 5.41) is 7.15. The molecule has 142 valence electrons. The Morgan fingerprint density at radius 1 is 1.08 bits per heavy atom. The zero-order valence-electron chi connectivity index (χ0n) is 16.7. The van der Waals surface area contributed by atoms with Crippen LogP contribution in [0.5, 0.6) is 17.2 Å². The summed E-state index contributed by atoms with van der Waals surface area (Å²) >= 11 is 0. The number of aromatic amines is 1. The van der Waals surface area contributed by atoms with Gasteiger partial charge < -0.3 is 13.9 Å². The van der Waals surface area contributed by atoms with Crippen LogP contribution in [0.2, 0.25) is 19.1 Å². The highest BCUT2D eigenvalue weighted by Crippen LogP contribution is 2.41. The number of ether oxygens (including phenoxy) is 2. The van der Waals surface area contributed by atoms with Crippen LogP contribution in [0.25, 0.3) is 12.2 Å². The van der Waals surface area contributed by atoms with Crippen molar-refractivity contribution in [3.05, 3.63) is 35.2 Å². The number of aryl methyl sites for hydroxylation is 1. The van der Waals surface area contributed by atoms with E-state index >= 15 is 0 Å². The van der Waals surface area contributed by atoms with Crippen LogP contribution in [-0.4, -0.2) is 32.7 Å². The molecule has 0 aliphatic rings. The lowest BCUT2D eigenvalue weighted by Gasteiger charge is -2.26. The van der Waals surface area contributed by atoms with Gasteiger partial charge in [0.25, 0.3) is 0 Å². The number of nitrogens with zero attached hydrogens (tertiary/aromatic N) is 1. The SMILES string of the molecule is CCCC[Si](C)(C)Oc1c(OC)cc(C=Cc2cc(C)[nH]n2)cc1OC. The third-order valence-corrected chi connectivity index (χ3v) is 6.48. The molecule has 1 N–H and O–H groups in total. The van der Waals surface area contributed by atoms with Gasteiger partial charge >= 0.3 is 0 Å². The van der Waals surface area contributed by atoms with E-state index < -0.39 is 8.32 Å². The average Bonchev–Trinajstić information content (AvgIpc) is 3.03. The highest BCUT2D eigenvalue weighted by Gasteiger charge is 2.27. The molecule has 0 unspecified atom stereocenters. The minimum Gasteiger partial charge on any atom is -0.539 e. The molecule has 5 nitrogen and oxygen atoms in total. The summed E-state index contributed by atoms with van der Waals surface area (Å²) in [6.45, 7) is 8.64. The number of hydrogen-bond acceptors (Lipinski definition) is 4. The Labute approximate surface area is 157 Å². The van der Waals surface area contributed by atoms with Gasteiger partial charge in [-0.1, -0.05) is 25.8 Å². The molecule has 0 radical (unpaired) electrons. The molecule has 1 aromatic heterocycles. The Kier molecular flexibility index (Phi) is 6.91. The maximum absolute atomic E-state index is 6.42. The Balaban J connectivity index is 2.30. The summed E-state index contributed by atoms with van der Waals surface area (Å²) in [7, 11) is 1.48. The highest BCUT2D eigenvalue weighted by molar-refractivity contribution is 6.71. The molecule has 0 spiro atoms. The number of unbranched alkanes of at least 4 members (excludes halogenated alkanes) is 1. The van der Waals surface area contributed by atoms with Gasteiger partial charge in [0.1, 0.15) is 0 Å². The van der Waals surface area contributed by atoms with Crippen LogP contribution in [-0.2, 0) is 0 Å². The summed E-state index contributed by atoms with van der Waals surface area (Å²) in [4.78, 5) is 0. The fourth-order valence-electron chi connectivity index (χ4n) is 2.73. The van der Waals surface area contributed by atoms with E-state index in [-0.39, 0.29) is 0 Å². The van der Waals surface area contributed by atoms with Crippen molar-refractivity contribution in [1.82, 2.24) is 10.2 Å². The summed E-state index contributed by atoms with van der Waals surface area (Å²) in [6.07, 6.45) is 6.29. The van der Waals surface area contributed by atoms with E-state index in [2.05, 4.69) is 30.2 Å². The Hall–Kier alpha value is -2.21. The van der Waals surface area contributed by atoms with Gasteiger partial charge in [0.2, 0.25) is 8.32 Å². The van der Waals surface area contributed by atoms with Crippen molar-refractivity contribution in [2.24, 2.45) is 0 Å². The lowest BCUT2D eigenvalue weighted by Crippen LogP contribution is -2.34. The predicted octanol–water partition coefficient (Wildman–Crippen LogP) is 5.29. The van der Waals surface area contributed by atoms with Crippen molar-refractivity contribution in [3.63, 3.8) is 0 Å². The summed E-state index contributed by atoms with van der Waals surface area (Å²) < 4.78 is 17.6. The van der Waals surface area contributed by atoms with E-state index in [9.17, 15) is 0 Å².